The highest BCUT2D eigenvalue weighted by Crippen LogP contribution is 2.35. The Hall–Kier alpha value is -3.93. The second kappa shape index (κ2) is 23.0. The number of piperidine rings is 1. The average Bonchev–Trinajstić information content (AvgIpc) is 3.74. The number of carbonyl (C=O) groups is 2. The normalized spacial score (nSPS) is 33.3. The molecule has 64 heavy (non-hydrogen) atoms. The number of likely N-dealkylation sites (tertiary alicyclic amines) is 1. The van der Waals surface area contributed by atoms with Crippen molar-refractivity contribution < 1.29 is 39.1 Å². The number of benzene rings is 1. The number of allylic oxidation sites excluding steroid dienone is 3. The molecule has 3 aliphatic heterocycles. The number of hydrogen-bond donors (Lipinski definition) is 3. The molecule has 15 heteroatoms. The summed E-state index contributed by atoms with van der Waals surface area (Å²) in [5.74, 6) is -2.07. The van der Waals surface area contributed by atoms with E-state index in [1.165, 1.54) is 6.42 Å². The minimum Gasteiger partial charge on any atom is -0.462 e. The monoisotopic (exact) mass is 888 g/mol. The lowest BCUT2D eigenvalue weighted by molar-refractivity contribution is -0.304. The van der Waals surface area contributed by atoms with Gasteiger partial charge in [-0.2, -0.15) is 0 Å². The molecule has 3 aliphatic rings. The third kappa shape index (κ3) is 12.9. The molecular weight excluding hydrogens is 815 g/mol. The van der Waals surface area contributed by atoms with E-state index < -0.39 is 66.8 Å². The highest BCUT2D eigenvalue weighted by molar-refractivity contribution is 5.91. The fourth-order valence-corrected chi connectivity index (χ4v) is 9.72. The van der Waals surface area contributed by atoms with E-state index in [9.17, 15) is 24.9 Å². The van der Waals surface area contributed by atoms with Gasteiger partial charge in [0.05, 0.1) is 66.2 Å². The first kappa shape index (κ1) is 49.5. The smallest absolute Gasteiger partial charge is 0.308 e. The van der Waals surface area contributed by atoms with Gasteiger partial charge in [0.25, 0.3) is 0 Å². The predicted octanol–water partition coefficient (Wildman–Crippen LogP) is 4.96. The Balaban J connectivity index is 1.28. The largest absolute Gasteiger partial charge is 0.462 e. The molecule has 5 heterocycles. The summed E-state index contributed by atoms with van der Waals surface area (Å²) in [6.45, 7) is 13.2. The maximum Gasteiger partial charge on any atom is 0.308 e. The topological polar surface area (TPSA) is 176 Å². The van der Waals surface area contributed by atoms with Crippen molar-refractivity contribution in [2.75, 3.05) is 47.3 Å². The number of hydrogen-bond acceptors (Lipinski definition) is 14. The molecule has 2 saturated heterocycles. The van der Waals surface area contributed by atoms with Crippen LogP contribution < -0.4 is 0 Å². The van der Waals surface area contributed by atoms with E-state index in [1.807, 2.05) is 77.3 Å². The molecule has 0 unspecified atom stereocenters. The number of fused-ring (bicyclic) bond motifs is 1. The van der Waals surface area contributed by atoms with Gasteiger partial charge in [0, 0.05) is 36.2 Å². The van der Waals surface area contributed by atoms with Crippen molar-refractivity contribution in [2.45, 2.75) is 135 Å². The summed E-state index contributed by atoms with van der Waals surface area (Å²) < 4.78 is 20.9. The molecule has 1 aromatic carbocycles. The first-order valence-electron chi connectivity index (χ1n) is 23.4. The van der Waals surface area contributed by atoms with E-state index in [2.05, 4.69) is 31.2 Å². The molecule has 6 rings (SSSR count). The van der Waals surface area contributed by atoms with E-state index >= 15 is 0 Å². The van der Waals surface area contributed by atoms with Crippen LogP contribution in [0.4, 0.5) is 0 Å². The second-order valence-electron chi connectivity index (χ2n) is 18.9. The number of pyridine rings is 1. The van der Waals surface area contributed by atoms with Gasteiger partial charge in [-0.3, -0.25) is 14.6 Å². The van der Waals surface area contributed by atoms with E-state index in [0.29, 0.717) is 32.4 Å². The third-order valence-electron chi connectivity index (χ3n) is 13.6. The van der Waals surface area contributed by atoms with Crippen LogP contribution in [0, 0.1) is 23.7 Å². The summed E-state index contributed by atoms with van der Waals surface area (Å²) in [5, 5.41) is 44.6. The number of aromatic nitrogens is 4. The van der Waals surface area contributed by atoms with Gasteiger partial charge < -0.3 is 44.2 Å². The second-order valence-corrected chi connectivity index (χ2v) is 18.9. The first-order chi connectivity index (χ1) is 30.6. The Morgan fingerprint density at radius 1 is 0.984 bits per heavy atom. The maximum absolute atomic E-state index is 14.0. The molecule has 0 amide bonds. The van der Waals surface area contributed by atoms with E-state index in [-0.39, 0.29) is 24.0 Å². The lowest BCUT2D eigenvalue weighted by atomic mass is 9.79. The van der Waals surface area contributed by atoms with Crippen molar-refractivity contribution in [3.63, 3.8) is 0 Å². The summed E-state index contributed by atoms with van der Waals surface area (Å²) in [7, 11) is 5.56. The number of aliphatic hydroxyl groups is 3. The summed E-state index contributed by atoms with van der Waals surface area (Å²) >= 11 is 0. The molecule has 2 fully saturated rings. The molecule has 3 aromatic rings. The molecule has 12 atom stereocenters. The minimum absolute atomic E-state index is 0.0330. The number of rotatable bonds is 12. The summed E-state index contributed by atoms with van der Waals surface area (Å²) in [4.78, 5) is 38.7. The van der Waals surface area contributed by atoms with Crippen LogP contribution >= 0.6 is 0 Å². The van der Waals surface area contributed by atoms with Crippen LogP contribution in [-0.4, -0.2) is 158 Å². The summed E-state index contributed by atoms with van der Waals surface area (Å²) in [6.07, 6.45) is 7.59. The van der Waals surface area contributed by atoms with Crippen molar-refractivity contribution >= 4 is 22.7 Å². The zero-order valence-corrected chi connectivity index (χ0v) is 39.2. The van der Waals surface area contributed by atoms with Crippen LogP contribution in [0.2, 0.25) is 0 Å². The fraction of sp³-hybridized carbons (Fsp3) is 0.653. The number of cyclic esters (lactones) is 1. The van der Waals surface area contributed by atoms with E-state index in [0.717, 1.165) is 60.3 Å². The van der Waals surface area contributed by atoms with Gasteiger partial charge in [-0.1, -0.05) is 68.3 Å². The molecule has 0 spiro atoms. The van der Waals surface area contributed by atoms with Crippen molar-refractivity contribution in [2.24, 2.45) is 23.7 Å². The van der Waals surface area contributed by atoms with Gasteiger partial charge >= 0.3 is 5.97 Å². The molecule has 2 aromatic heterocycles. The zero-order valence-electron chi connectivity index (χ0n) is 39.2. The van der Waals surface area contributed by atoms with Crippen LogP contribution in [0.25, 0.3) is 16.6 Å². The Morgan fingerprint density at radius 3 is 2.47 bits per heavy atom. The number of aliphatic hydroxyl groups excluding tert-OH is 3. The number of nitrogens with zero attached hydrogens (tertiary/aromatic N) is 7. The molecular formula is C49H73N7O8. The number of likely N-dealkylation sites (N-methyl/N-ethyl adjacent to an activating group) is 1. The summed E-state index contributed by atoms with van der Waals surface area (Å²) in [6, 6.07) is 9.24. The maximum atomic E-state index is 14.0. The Morgan fingerprint density at radius 2 is 1.73 bits per heavy atom. The number of carbonyl (C=O) groups excluding carboxylic acids is 2. The van der Waals surface area contributed by atoms with Crippen LogP contribution in [0.15, 0.2) is 66.5 Å². The standard InChI is InChI=1S/C49H73N7O8/c1-9-43-37(28-55-20-13-10-14-21-55)23-31(2)17-18-41(57)32(3)24-36(19-22-54(8)29-38-30-56(52-51-38)39-25-35-15-11-12-16-40(35)50-27-39)48(33(4)42(58)26-44(59)63-43)64-49-47(61)45(53(6)7)46(60)34(5)62-49/h11-12,15-18,23,25,27,30,32-34,36-37,42-43,45-49,58,60-61H,9-10,13-14,19-22,24,26,28-29H2,1-8H3/b18-17+,31-23+/t32-,33+,34-,36+,37-,42-,43-,45+,46-,47-,48-,49+/m1/s1. The van der Waals surface area contributed by atoms with E-state index in [4.69, 9.17) is 14.2 Å². The third-order valence-corrected chi connectivity index (χ3v) is 13.6. The van der Waals surface area contributed by atoms with Gasteiger partial charge in [0.15, 0.2) is 12.1 Å². The minimum atomic E-state index is -1.24. The molecule has 352 valence electrons. The van der Waals surface area contributed by atoms with Crippen molar-refractivity contribution in [3.05, 3.63) is 72.2 Å². The van der Waals surface area contributed by atoms with Gasteiger partial charge in [-0.25, -0.2) is 4.68 Å². The van der Waals surface area contributed by atoms with Gasteiger partial charge in [-0.05, 0) is 111 Å². The van der Waals surface area contributed by atoms with Gasteiger partial charge in [0.1, 0.15) is 12.2 Å². The molecule has 0 aliphatic carbocycles. The van der Waals surface area contributed by atoms with Crippen molar-refractivity contribution in [1.29, 1.82) is 0 Å². The number of para-hydroxylation sites is 1. The quantitative estimate of drug-likeness (QED) is 0.208. The highest BCUT2D eigenvalue weighted by Gasteiger charge is 2.47. The Labute approximate surface area is 379 Å². The van der Waals surface area contributed by atoms with Crippen LogP contribution in [-0.2, 0) is 30.3 Å². The number of ether oxygens (including phenoxy) is 3. The predicted molar refractivity (Wildman–Crippen MR) is 245 cm³/mol. The van der Waals surface area contributed by atoms with Gasteiger partial charge in [0.2, 0.25) is 0 Å². The molecule has 3 N–H and O–H groups in total. The molecule has 0 radical (unpaired) electrons. The van der Waals surface area contributed by atoms with Crippen molar-refractivity contribution in [3.8, 4) is 5.69 Å². The lowest BCUT2D eigenvalue weighted by Crippen LogP contribution is -2.63. The Bertz CT molecular complexity index is 2040. The highest BCUT2D eigenvalue weighted by atomic mass is 16.7. The number of esters is 1. The van der Waals surface area contributed by atoms with Crippen molar-refractivity contribution in [1.82, 2.24) is 34.7 Å². The van der Waals surface area contributed by atoms with E-state index in [1.54, 1.807) is 42.9 Å². The van der Waals surface area contributed by atoms with Crippen LogP contribution in [0.5, 0.6) is 0 Å². The zero-order chi connectivity index (χ0) is 46.1. The summed E-state index contributed by atoms with van der Waals surface area (Å²) in [5.41, 5.74) is 3.37. The van der Waals surface area contributed by atoms with Crippen LogP contribution in [0.3, 0.4) is 0 Å². The Kier molecular flexibility index (Phi) is 17.8. The molecule has 0 saturated carbocycles. The SMILES string of the molecule is CC[C@H]1OC(=O)C[C@@H](O)[C@H](C)[C@@H](O[C@@H]2O[C@H](C)[C@@H](O)[C@H](N(C)C)[C@H]2O)[C@@H](CCN(C)Cc2cn(-c3cnc4ccccc4c3)nn2)C[C@@H](C)C(=O)/C=C/C(C)=C/[C@@H]1CN1CCCCC1. The van der Waals surface area contributed by atoms with Crippen LogP contribution in [0.1, 0.15) is 85.3 Å². The first-order valence-corrected chi connectivity index (χ1v) is 23.4. The lowest BCUT2D eigenvalue weighted by Gasteiger charge is -2.46. The molecule has 15 nitrogen and oxygen atoms in total. The number of ketones is 1. The fourth-order valence-electron chi connectivity index (χ4n) is 9.72. The molecule has 0 bridgehead atoms. The van der Waals surface area contributed by atoms with Gasteiger partial charge in [-0.15, -0.1) is 5.10 Å². The average molecular weight is 888 g/mol.